The summed E-state index contributed by atoms with van der Waals surface area (Å²) < 4.78 is 49.5. The summed E-state index contributed by atoms with van der Waals surface area (Å²) in [5, 5.41) is 9.39. The fourth-order valence-corrected chi connectivity index (χ4v) is 1.34. The molecule has 0 unspecified atom stereocenters. The molecule has 0 radical (unpaired) electrons. The Morgan fingerprint density at radius 2 is 1.70 bits per heavy atom. The monoisotopic (exact) mass is 288 g/mol. The normalized spacial score (nSPS) is 11.7. The van der Waals surface area contributed by atoms with E-state index in [4.69, 9.17) is 0 Å². The molecule has 106 valence electrons. The lowest BCUT2D eigenvalue weighted by molar-refractivity contribution is -0.163. The third-order valence-electron chi connectivity index (χ3n) is 2.35. The molecule has 9 heteroatoms. The van der Waals surface area contributed by atoms with Crippen LogP contribution in [0.15, 0.2) is 36.7 Å². The Labute approximate surface area is 110 Å². The molecule has 20 heavy (non-hydrogen) atoms. The molecule has 0 saturated carbocycles. The molecule has 0 aliphatic carbocycles. The van der Waals surface area contributed by atoms with Crippen LogP contribution < -0.4 is 5.32 Å². The maximum atomic E-state index is 12.7. The highest BCUT2D eigenvalue weighted by Crippen LogP contribution is 2.24. The number of halogens is 4. The Hall–Kier alpha value is -2.45. The minimum atomic E-state index is -4.73. The minimum Gasteiger partial charge on any atom is -0.321 e. The highest BCUT2D eigenvalue weighted by molar-refractivity contribution is 5.96. The molecule has 0 aliphatic heterocycles. The second-order valence-corrected chi connectivity index (χ2v) is 3.74. The zero-order chi connectivity index (χ0) is 14.8. The molecule has 1 amide bonds. The number of carbonyl (C=O) groups is 1. The molecule has 0 bridgehead atoms. The maximum Gasteiger partial charge on any atom is 0.383 e. The fraction of sp³-hybridized carbons (Fsp3) is 0.182. The molecule has 2 rings (SSSR count). The number of anilines is 1. The molecule has 0 spiro atoms. The first kappa shape index (κ1) is 14.0. The van der Waals surface area contributed by atoms with Gasteiger partial charge in [0.15, 0.2) is 0 Å². The van der Waals surface area contributed by atoms with Crippen molar-refractivity contribution < 1.29 is 22.4 Å². The van der Waals surface area contributed by atoms with E-state index in [1.54, 1.807) is 5.32 Å². The van der Waals surface area contributed by atoms with Gasteiger partial charge in [0.2, 0.25) is 0 Å². The molecule has 1 aromatic carbocycles. The number of benzene rings is 1. The number of rotatable bonds is 4. The first-order valence-corrected chi connectivity index (χ1v) is 5.35. The van der Waals surface area contributed by atoms with Gasteiger partial charge in [-0.05, 0) is 24.3 Å². The van der Waals surface area contributed by atoms with Crippen molar-refractivity contribution in [1.82, 2.24) is 15.0 Å². The predicted octanol–water partition coefficient (Wildman–Crippen LogP) is 2.11. The lowest BCUT2D eigenvalue weighted by Crippen LogP contribution is -2.40. The van der Waals surface area contributed by atoms with Crippen molar-refractivity contribution in [3.63, 3.8) is 0 Å². The van der Waals surface area contributed by atoms with Crippen LogP contribution in [0.3, 0.4) is 0 Å². The molecular weight excluding hydrogens is 280 g/mol. The van der Waals surface area contributed by atoms with Crippen LogP contribution in [0.5, 0.6) is 0 Å². The molecule has 2 aromatic rings. The quantitative estimate of drug-likeness (QED) is 0.876. The van der Waals surface area contributed by atoms with Gasteiger partial charge in [0.25, 0.3) is 0 Å². The summed E-state index contributed by atoms with van der Waals surface area (Å²) >= 11 is 0. The van der Waals surface area contributed by atoms with Crippen LogP contribution in [0.4, 0.5) is 23.2 Å². The molecule has 5 nitrogen and oxygen atoms in total. The van der Waals surface area contributed by atoms with E-state index in [9.17, 15) is 22.4 Å². The van der Waals surface area contributed by atoms with Crippen LogP contribution in [0, 0.1) is 0 Å². The van der Waals surface area contributed by atoms with Gasteiger partial charge in [-0.25, -0.2) is 8.78 Å². The molecular formula is C11H8F4N4O. The zero-order valence-electron chi connectivity index (χ0n) is 9.80. The molecule has 0 aliphatic rings. The van der Waals surface area contributed by atoms with Gasteiger partial charge in [0.05, 0.1) is 18.1 Å². The van der Waals surface area contributed by atoms with Gasteiger partial charge < -0.3 is 5.32 Å². The van der Waals surface area contributed by atoms with Crippen molar-refractivity contribution >= 4 is 11.6 Å². The SMILES string of the molecule is O=C(Nc1ccc(-n2nccn2)cc1)C(F)(F)C(F)F. The maximum absolute atomic E-state index is 12.7. The average Bonchev–Trinajstić information content (AvgIpc) is 2.93. The lowest BCUT2D eigenvalue weighted by atomic mass is 10.2. The fourth-order valence-electron chi connectivity index (χ4n) is 1.34. The van der Waals surface area contributed by atoms with Gasteiger partial charge in [0.1, 0.15) is 0 Å². The van der Waals surface area contributed by atoms with E-state index in [1.165, 1.54) is 41.5 Å². The summed E-state index contributed by atoms with van der Waals surface area (Å²) in [7, 11) is 0. The van der Waals surface area contributed by atoms with E-state index in [0.717, 1.165) is 0 Å². The number of alkyl halides is 4. The van der Waals surface area contributed by atoms with Crippen LogP contribution in [0.25, 0.3) is 5.69 Å². The van der Waals surface area contributed by atoms with Crippen molar-refractivity contribution in [2.45, 2.75) is 12.3 Å². The van der Waals surface area contributed by atoms with Crippen LogP contribution in [0.1, 0.15) is 0 Å². The zero-order valence-corrected chi connectivity index (χ0v) is 9.80. The smallest absolute Gasteiger partial charge is 0.321 e. The molecule has 1 aromatic heterocycles. The van der Waals surface area contributed by atoms with Gasteiger partial charge in [-0.2, -0.15) is 23.8 Å². The Balaban J connectivity index is 2.10. The predicted molar refractivity (Wildman–Crippen MR) is 60.9 cm³/mol. The Bertz CT molecular complexity index is 583. The van der Waals surface area contributed by atoms with Crippen molar-refractivity contribution in [1.29, 1.82) is 0 Å². The van der Waals surface area contributed by atoms with Crippen molar-refractivity contribution in [3.05, 3.63) is 36.7 Å². The summed E-state index contributed by atoms with van der Waals surface area (Å²) in [6.45, 7) is 0. The van der Waals surface area contributed by atoms with Gasteiger partial charge >= 0.3 is 18.3 Å². The van der Waals surface area contributed by atoms with E-state index in [1.807, 2.05) is 0 Å². The van der Waals surface area contributed by atoms with Crippen LogP contribution in [-0.4, -0.2) is 33.2 Å². The molecule has 0 fully saturated rings. The second-order valence-electron chi connectivity index (χ2n) is 3.74. The number of nitrogens with one attached hydrogen (secondary N) is 1. The van der Waals surface area contributed by atoms with E-state index in [-0.39, 0.29) is 5.69 Å². The van der Waals surface area contributed by atoms with Crippen molar-refractivity contribution in [2.75, 3.05) is 5.32 Å². The number of carbonyl (C=O) groups excluding carboxylic acids is 1. The number of nitrogens with zero attached hydrogens (tertiary/aromatic N) is 3. The van der Waals surface area contributed by atoms with Crippen LogP contribution in [-0.2, 0) is 4.79 Å². The van der Waals surface area contributed by atoms with Crippen LogP contribution >= 0.6 is 0 Å². The van der Waals surface area contributed by atoms with Crippen molar-refractivity contribution in [2.24, 2.45) is 0 Å². The number of aromatic nitrogens is 3. The highest BCUT2D eigenvalue weighted by atomic mass is 19.3. The van der Waals surface area contributed by atoms with Gasteiger partial charge in [0, 0.05) is 5.69 Å². The second kappa shape index (κ2) is 5.27. The number of amides is 1. The van der Waals surface area contributed by atoms with Crippen molar-refractivity contribution in [3.8, 4) is 5.69 Å². The minimum absolute atomic E-state index is 0.0359. The number of hydrogen-bond donors (Lipinski definition) is 1. The lowest BCUT2D eigenvalue weighted by Gasteiger charge is -2.14. The first-order chi connectivity index (χ1) is 9.41. The number of hydrogen-bond acceptors (Lipinski definition) is 3. The summed E-state index contributed by atoms with van der Waals surface area (Å²) in [6.07, 6.45) is -1.17. The first-order valence-electron chi connectivity index (χ1n) is 5.35. The summed E-state index contributed by atoms with van der Waals surface area (Å²) in [4.78, 5) is 12.3. The summed E-state index contributed by atoms with van der Waals surface area (Å²) in [5.74, 6) is -6.79. The standard InChI is InChI=1S/C11H8F4N4O/c12-9(13)11(14,15)10(20)18-7-1-3-8(4-2-7)19-16-5-6-17-19/h1-6,9H,(H,18,20). The van der Waals surface area contributed by atoms with Gasteiger partial charge in [-0.1, -0.05) is 0 Å². The summed E-state index contributed by atoms with van der Waals surface area (Å²) in [6, 6.07) is 5.43. The third kappa shape index (κ3) is 2.76. The van der Waals surface area contributed by atoms with E-state index in [2.05, 4.69) is 10.2 Å². The summed E-state index contributed by atoms with van der Waals surface area (Å²) in [5.41, 5.74) is 0.486. The average molecular weight is 288 g/mol. The van der Waals surface area contributed by atoms with E-state index >= 15 is 0 Å². The highest BCUT2D eigenvalue weighted by Gasteiger charge is 2.48. The largest absolute Gasteiger partial charge is 0.383 e. The molecule has 0 atom stereocenters. The Kier molecular flexibility index (Phi) is 3.68. The Morgan fingerprint density at radius 1 is 1.15 bits per heavy atom. The molecule has 1 heterocycles. The van der Waals surface area contributed by atoms with Crippen LogP contribution in [0.2, 0.25) is 0 Å². The Morgan fingerprint density at radius 3 is 2.20 bits per heavy atom. The van der Waals surface area contributed by atoms with Gasteiger partial charge in [-0.3, -0.25) is 4.79 Å². The van der Waals surface area contributed by atoms with E-state index < -0.39 is 18.3 Å². The van der Waals surface area contributed by atoms with Gasteiger partial charge in [-0.15, -0.1) is 0 Å². The third-order valence-corrected chi connectivity index (χ3v) is 2.35. The molecule has 0 saturated heterocycles. The van der Waals surface area contributed by atoms with E-state index in [0.29, 0.717) is 5.69 Å². The topological polar surface area (TPSA) is 59.8 Å². The molecule has 1 N–H and O–H groups in total.